The third-order valence-corrected chi connectivity index (χ3v) is 3.91. The number of hydrogen-bond donors (Lipinski definition) is 0. The largest absolute Gasteiger partial charge is 0.490 e. The van der Waals surface area contributed by atoms with Gasteiger partial charge in [0.05, 0.1) is 19.8 Å². The molecule has 3 rings (SSSR count). The molecule has 0 N–H and O–H groups in total. The van der Waals surface area contributed by atoms with Crippen LogP contribution in [-0.2, 0) is 11.3 Å². The minimum atomic E-state index is -0.0111. The summed E-state index contributed by atoms with van der Waals surface area (Å²) >= 11 is 0. The highest BCUT2D eigenvalue weighted by molar-refractivity contribution is 5.95. The zero-order valence-corrected chi connectivity index (χ0v) is 14.3. The molecular formula is C19H22N2O4. The van der Waals surface area contributed by atoms with Crippen LogP contribution in [0.2, 0.25) is 0 Å². The number of aromatic nitrogens is 1. The summed E-state index contributed by atoms with van der Waals surface area (Å²) in [5.74, 6) is 1.18. The third-order valence-electron chi connectivity index (χ3n) is 3.91. The van der Waals surface area contributed by atoms with E-state index in [0.717, 1.165) is 5.56 Å². The first-order valence-electron chi connectivity index (χ1n) is 8.43. The van der Waals surface area contributed by atoms with Crippen molar-refractivity contribution in [1.29, 1.82) is 0 Å². The molecule has 6 heteroatoms. The summed E-state index contributed by atoms with van der Waals surface area (Å²) in [7, 11) is 0. The van der Waals surface area contributed by atoms with Crippen LogP contribution in [0, 0.1) is 0 Å². The number of morpholine rings is 1. The first-order valence-corrected chi connectivity index (χ1v) is 8.43. The molecule has 1 aliphatic heterocycles. The zero-order valence-electron chi connectivity index (χ0n) is 14.3. The Balaban J connectivity index is 1.74. The molecule has 2 aromatic rings. The first kappa shape index (κ1) is 17.2. The van der Waals surface area contributed by atoms with E-state index in [4.69, 9.17) is 14.2 Å². The lowest BCUT2D eigenvalue weighted by molar-refractivity contribution is 0.0302. The second-order valence-corrected chi connectivity index (χ2v) is 5.65. The summed E-state index contributed by atoms with van der Waals surface area (Å²) in [4.78, 5) is 18.5. The zero-order chi connectivity index (χ0) is 17.5. The van der Waals surface area contributed by atoms with Gasteiger partial charge in [0.2, 0.25) is 0 Å². The number of benzene rings is 1. The van der Waals surface area contributed by atoms with Crippen LogP contribution in [-0.4, -0.2) is 48.7 Å². The smallest absolute Gasteiger partial charge is 0.254 e. The summed E-state index contributed by atoms with van der Waals surface area (Å²) in [6.45, 7) is 5.18. The van der Waals surface area contributed by atoms with E-state index in [2.05, 4.69) is 4.98 Å². The second kappa shape index (κ2) is 8.48. The maximum Gasteiger partial charge on any atom is 0.254 e. The highest BCUT2D eigenvalue weighted by Gasteiger charge is 2.20. The van der Waals surface area contributed by atoms with Crippen LogP contribution in [0.1, 0.15) is 22.8 Å². The predicted octanol–water partition coefficient (Wildman–Crippen LogP) is 2.53. The van der Waals surface area contributed by atoms with Gasteiger partial charge in [0.15, 0.2) is 11.5 Å². The number of amides is 1. The van der Waals surface area contributed by atoms with E-state index in [0.29, 0.717) is 56.6 Å². The van der Waals surface area contributed by atoms with Gasteiger partial charge in [0, 0.05) is 36.6 Å². The molecule has 0 atom stereocenters. The topological polar surface area (TPSA) is 60.9 Å². The van der Waals surface area contributed by atoms with Crippen LogP contribution in [0.15, 0.2) is 42.7 Å². The number of rotatable bonds is 6. The first-order chi connectivity index (χ1) is 12.3. The minimum Gasteiger partial charge on any atom is -0.490 e. The van der Waals surface area contributed by atoms with Crippen molar-refractivity contribution in [2.24, 2.45) is 0 Å². The Bertz CT molecular complexity index is 700. The molecule has 0 saturated carbocycles. The molecule has 25 heavy (non-hydrogen) atoms. The number of ether oxygens (including phenoxy) is 3. The Morgan fingerprint density at radius 2 is 2.04 bits per heavy atom. The summed E-state index contributed by atoms with van der Waals surface area (Å²) in [6, 6.07) is 9.13. The van der Waals surface area contributed by atoms with Gasteiger partial charge in [-0.2, -0.15) is 0 Å². The van der Waals surface area contributed by atoms with Crippen molar-refractivity contribution in [3.63, 3.8) is 0 Å². The van der Waals surface area contributed by atoms with E-state index >= 15 is 0 Å². The number of carbonyl (C=O) groups is 1. The Morgan fingerprint density at radius 3 is 2.76 bits per heavy atom. The molecule has 1 aliphatic rings. The molecule has 6 nitrogen and oxygen atoms in total. The van der Waals surface area contributed by atoms with Gasteiger partial charge in [0.25, 0.3) is 5.91 Å². The molecule has 1 fully saturated rings. The normalized spacial score (nSPS) is 14.2. The van der Waals surface area contributed by atoms with Crippen molar-refractivity contribution in [2.45, 2.75) is 13.5 Å². The van der Waals surface area contributed by atoms with Crippen molar-refractivity contribution >= 4 is 5.91 Å². The molecule has 1 amide bonds. The summed E-state index contributed by atoms with van der Waals surface area (Å²) < 4.78 is 16.8. The lowest BCUT2D eigenvalue weighted by Crippen LogP contribution is -2.40. The van der Waals surface area contributed by atoms with Crippen LogP contribution < -0.4 is 9.47 Å². The fraction of sp³-hybridized carbons (Fsp3) is 0.368. The maximum absolute atomic E-state index is 12.6. The molecule has 0 bridgehead atoms. The van der Waals surface area contributed by atoms with Gasteiger partial charge >= 0.3 is 0 Å². The molecule has 132 valence electrons. The number of carbonyl (C=O) groups excluding carboxylic acids is 1. The molecule has 1 saturated heterocycles. The lowest BCUT2D eigenvalue weighted by Gasteiger charge is -2.27. The molecule has 0 spiro atoms. The highest BCUT2D eigenvalue weighted by atomic mass is 16.5. The van der Waals surface area contributed by atoms with E-state index < -0.39 is 0 Å². The predicted molar refractivity (Wildman–Crippen MR) is 92.9 cm³/mol. The molecule has 0 radical (unpaired) electrons. The van der Waals surface area contributed by atoms with E-state index in [-0.39, 0.29) is 5.91 Å². The quantitative estimate of drug-likeness (QED) is 0.807. The van der Waals surface area contributed by atoms with Gasteiger partial charge in [0.1, 0.15) is 6.61 Å². The van der Waals surface area contributed by atoms with Crippen molar-refractivity contribution < 1.29 is 19.0 Å². The van der Waals surface area contributed by atoms with E-state index in [1.54, 1.807) is 35.5 Å². The van der Waals surface area contributed by atoms with Crippen LogP contribution in [0.3, 0.4) is 0 Å². The van der Waals surface area contributed by atoms with Crippen molar-refractivity contribution in [1.82, 2.24) is 9.88 Å². The van der Waals surface area contributed by atoms with Gasteiger partial charge in [-0.1, -0.05) is 6.07 Å². The standard InChI is InChI=1S/C19H22N2O4/c1-2-24-18-12-16(19(22)21-8-10-23-11-9-21)5-6-17(18)25-14-15-4-3-7-20-13-15/h3-7,12-13H,2,8-11,14H2,1H3. The number of nitrogens with zero attached hydrogens (tertiary/aromatic N) is 2. The monoisotopic (exact) mass is 342 g/mol. The van der Waals surface area contributed by atoms with E-state index in [9.17, 15) is 4.79 Å². The Kier molecular flexibility index (Phi) is 5.85. The Labute approximate surface area is 147 Å². The molecule has 1 aromatic carbocycles. The highest BCUT2D eigenvalue weighted by Crippen LogP contribution is 2.30. The van der Waals surface area contributed by atoms with Gasteiger partial charge in [-0.25, -0.2) is 0 Å². The summed E-state index contributed by atoms with van der Waals surface area (Å²) in [5.41, 5.74) is 1.57. The Hall–Kier alpha value is -2.60. The Morgan fingerprint density at radius 1 is 1.20 bits per heavy atom. The second-order valence-electron chi connectivity index (χ2n) is 5.65. The van der Waals surface area contributed by atoms with Gasteiger partial charge in [-0.15, -0.1) is 0 Å². The van der Waals surface area contributed by atoms with Gasteiger partial charge < -0.3 is 19.1 Å². The molecule has 0 aliphatic carbocycles. The molecule has 0 unspecified atom stereocenters. The fourth-order valence-electron chi connectivity index (χ4n) is 2.62. The average molecular weight is 342 g/mol. The maximum atomic E-state index is 12.6. The fourth-order valence-corrected chi connectivity index (χ4v) is 2.62. The van der Waals surface area contributed by atoms with Crippen molar-refractivity contribution in [2.75, 3.05) is 32.9 Å². The average Bonchev–Trinajstić information content (AvgIpc) is 2.68. The van der Waals surface area contributed by atoms with Crippen LogP contribution in [0.25, 0.3) is 0 Å². The van der Waals surface area contributed by atoms with Crippen LogP contribution in [0.4, 0.5) is 0 Å². The lowest BCUT2D eigenvalue weighted by atomic mass is 10.1. The van der Waals surface area contributed by atoms with E-state index in [1.165, 1.54) is 0 Å². The molecule has 1 aromatic heterocycles. The van der Waals surface area contributed by atoms with Crippen molar-refractivity contribution in [3.05, 3.63) is 53.9 Å². The molecular weight excluding hydrogens is 320 g/mol. The summed E-state index contributed by atoms with van der Waals surface area (Å²) in [6.07, 6.45) is 3.48. The summed E-state index contributed by atoms with van der Waals surface area (Å²) in [5, 5.41) is 0. The van der Waals surface area contributed by atoms with Crippen LogP contribution >= 0.6 is 0 Å². The van der Waals surface area contributed by atoms with E-state index in [1.807, 2.05) is 19.1 Å². The number of hydrogen-bond acceptors (Lipinski definition) is 5. The van der Waals surface area contributed by atoms with Gasteiger partial charge in [-0.05, 0) is 31.2 Å². The van der Waals surface area contributed by atoms with Crippen LogP contribution in [0.5, 0.6) is 11.5 Å². The third kappa shape index (κ3) is 4.48. The molecule has 2 heterocycles. The number of pyridine rings is 1. The van der Waals surface area contributed by atoms with Crippen molar-refractivity contribution in [3.8, 4) is 11.5 Å². The SMILES string of the molecule is CCOc1cc(C(=O)N2CCOCC2)ccc1OCc1cccnc1. The minimum absolute atomic E-state index is 0.0111. The van der Waals surface area contributed by atoms with Gasteiger partial charge in [-0.3, -0.25) is 9.78 Å².